The van der Waals surface area contributed by atoms with Gasteiger partial charge in [0.05, 0.1) is 11.7 Å². The van der Waals surface area contributed by atoms with Gasteiger partial charge in [-0.1, -0.05) is 0 Å². The highest BCUT2D eigenvalue weighted by molar-refractivity contribution is 4.87. The lowest BCUT2D eigenvalue weighted by molar-refractivity contribution is -0.127. The molecule has 2 fully saturated rings. The second kappa shape index (κ2) is 5.94. The molecule has 0 N–H and O–H groups in total. The molecule has 0 unspecified atom stereocenters. The van der Waals surface area contributed by atoms with E-state index in [9.17, 15) is 0 Å². The Labute approximate surface area is 125 Å². The second-order valence-corrected chi connectivity index (χ2v) is 8.67. The molecule has 0 aromatic heterocycles. The first-order chi connectivity index (χ1) is 9.13. The summed E-state index contributed by atoms with van der Waals surface area (Å²) in [5, 5.41) is 0. The van der Waals surface area contributed by atoms with E-state index in [1.54, 1.807) is 0 Å². The van der Waals surface area contributed by atoms with E-state index >= 15 is 0 Å². The molecule has 0 aromatic rings. The number of piperidine rings is 1. The smallest absolute Gasteiger partial charge is 0.0835 e. The zero-order chi connectivity index (χ0) is 15.0. The van der Waals surface area contributed by atoms with Gasteiger partial charge in [-0.05, 0) is 73.4 Å². The Morgan fingerprint density at radius 3 is 1.95 bits per heavy atom. The molecule has 2 aliphatic rings. The van der Waals surface area contributed by atoms with Gasteiger partial charge in [-0.3, -0.25) is 9.80 Å². The highest BCUT2D eigenvalue weighted by atomic mass is 16.5. The normalized spacial score (nSPS) is 24.9. The molecule has 0 amide bonds. The van der Waals surface area contributed by atoms with Crippen LogP contribution in [0.25, 0.3) is 0 Å². The monoisotopic (exact) mass is 282 g/mol. The van der Waals surface area contributed by atoms with Crippen LogP contribution in [0.2, 0.25) is 0 Å². The van der Waals surface area contributed by atoms with Crippen molar-refractivity contribution in [3.05, 3.63) is 0 Å². The fraction of sp³-hybridized carbons (Fsp3) is 1.00. The van der Waals surface area contributed by atoms with E-state index < -0.39 is 0 Å². The third-order valence-corrected chi connectivity index (χ3v) is 4.52. The molecular formula is C17H34N2O. The molecule has 0 atom stereocenters. The van der Waals surface area contributed by atoms with E-state index in [-0.39, 0.29) is 5.60 Å². The first-order valence-corrected chi connectivity index (χ1v) is 8.29. The van der Waals surface area contributed by atoms with Gasteiger partial charge < -0.3 is 4.74 Å². The van der Waals surface area contributed by atoms with E-state index in [4.69, 9.17) is 4.74 Å². The lowest BCUT2D eigenvalue weighted by Crippen LogP contribution is -2.56. The SMILES string of the molecule is CC(C)(C)OC1CN(CC2CCN(C(C)(C)C)CC2)C1. The number of ether oxygens (including phenoxy) is 1. The highest BCUT2D eigenvalue weighted by Gasteiger charge is 2.34. The van der Waals surface area contributed by atoms with Crippen molar-refractivity contribution in [2.45, 2.75) is 71.6 Å². The zero-order valence-electron chi connectivity index (χ0n) is 14.4. The lowest BCUT2D eigenvalue weighted by atomic mass is 9.91. The molecule has 0 spiro atoms. The summed E-state index contributed by atoms with van der Waals surface area (Å²) in [6.07, 6.45) is 3.18. The Balaban J connectivity index is 1.63. The van der Waals surface area contributed by atoms with Crippen LogP contribution in [0.4, 0.5) is 0 Å². The molecule has 2 rings (SSSR count). The average molecular weight is 282 g/mol. The number of rotatable bonds is 3. The quantitative estimate of drug-likeness (QED) is 0.791. The maximum atomic E-state index is 6.00. The number of hydrogen-bond donors (Lipinski definition) is 0. The van der Waals surface area contributed by atoms with Gasteiger partial charge in [-0.25, -0.2) is 0 Å². The van der Waals surface area contributed by atoms with Crippen molar-refractivity contribution in [3.63, 3.8) is 0 Å². The van der Waals surface area contributed by atoms with Crippen LogP contribution in [0, 0.1) is 5.92 Å². The molecule has 2 heterocycles. The zero-order valence-corrected chi connectivity index (χ0v) is 14.4. The predicted molar refractivity (Wildman–Crippen MR) is 85.1 cm³/mol. The fourth-order valence-electron chi connectivity index (χ4n) is 3.40. The molecule has 0 radical (unpaired) electrons. The van der Waals surface area contributed by atoms with Gasteiger partial charge in [0.2, 0.25) is 0 Å². The molecule has 2 aliphatic heterocycles. The first kappa shape index (κ1) is 16.3. The number of nitrogens with zero attached hydrogens (tertiary/aromatic N) is 2. The van der Waals surface area contributed by atoms with Gasteiger partial charge in [-0.2, -0.15) is 0 Å². The van der Waals surface area contributed by atoms with Gasteiger partial charge in [0, 0.05) is 25.2 Å². The van der Waals surface area contributed by atoms with Crippen molar-refractivity contribution in [2.75, 3.05) is 32.7 Å². The summed E-state index contributed by atoms with van der Waals surface area (Å²) in [5.74, 6) is 0.893. The van der Waals surface area contributed by atoms with E-state index in [1.165, 1.54) is 32.5 Å². The molecule has 3 heteroatoms. The van der Waals surface area contributed by atoms with Gasteiger partial charge >= 0.3 is 0 Å². The summed E-state index contributed by atoms with van der Waals surface area (Å²) in [5.41, 5.74) is 0.349. The van der Waals surface area contributed by atoms with Crippen molar-refractivity contribution >= 4 is 0 Å². The van der Waals surface area contributed by atoms with Crippen LogP contribution in [0.15, 0.2) is 0 Å². The van der Waals surface area contributed by atoms with E-state index in [0.717, 1.165) is 19.0 Å². The van der Waals surface area contributed by atoms with E-state index in [1.807, 2.05) is 0 Å². The summed E-state index contributed by atoms with van der Waals surface area (Å²) in [6, 6.07) is 0. The van der Waals surface area contributed by atoms with Gasteiger partial charge in [0.15, 0.2) is 0 Å². The van der Waals surface area contributed by atoms with E-state index in [2.05, 4.69) is 51.3 Å². The molecule has 20 heavy (non-hydrogen) atoms. The predicted octanol–water partition coefficient (Wildman–Crippen LogP) is 3.00. The molecular weight excluding hydrogens is 248 g/mol. The maximum Gasteiger partial charge on any atom is 0.0835 e. The van der Waals surface area contributed by atoms with Gasteiger partial charge in [0.1, 0.15) is 0 Å². The molecule has 0 aliphatic carbocycles. The van der Waals surface area contributed by atoms with Crippen molar-refractivity contribution in [1.29, 1.82) is 0 Å². The minimum Gasteiger partial charge on any atom is -0.370 e. The van der Waals surface area contributed by atoms with Gasteiger partial charge in [0.25, 0.3) is 0 Å². The van der Waals surface area contributed by atoms with Crippen molar-refractivity contribution in [1.82, 2.24) is 9.80 Å². The summed E-state index contributed by atoms with van der Waals surface area (Å²) in [7, 11) is 0. The third-order valence-electron chi connectivity index (χ3n) is 4.52. The summed E-state index contributed by atoms with van der Waals surface area (Å²) in [6.45, 7) is 19.5. The van der Waals surface area contributed by atoms with Crippen LogP contribution in [-0.2, 0) is 4.74 Å². The Kier molecular flexibility index (Phi) is 4.83. The highest BCUT2D eigenvalue weighted by Crippen LogP contribution is 2.26. The summed E-state index contributed by atoms with van der Waals surface area (Å²) >= 11 is 0. The minimum atomic E-state index is 0.00874. The van der Waals surface area contributed by atoms with Crippen molar-refractivity contribution in [3.8, 4) is 0 Å². The maximum absolute atomic E-state index is 6.00. The molecule has 0 bridgehead atoms. The van der Waals surface area contributed by atoms with Gasteiger partial charge in [-0.15, -0.1) is 0 Å². The molecule has 118 valence electrons. The topological polar surface area (TPSA) is 15.7 Å². The lowest BCUT2D eigenvalue weighted by Gasteiger charge is -2.46. The number of hydrogen-bond acceptors (Lipinski definition) is 3. The van der Waals surface area contributed by atoms with Crippen LogP contribution >= 0.6 is 0 Å². The molecule has 3 nitrogen and oxygen atoms in total. The summed E-state index contributed by atoms with van der Waals surface area (Å²) < 4.78 is 6.00. The molecule has 0 aromatic carbocycles. The second-order valence-electron chi connectivity index (χ2n) is 8.67. The van der Waals surface area contributed by atoms with Crippen LogP contribution < -0.4 is 0 Å². The van der Waals surface area contributed by atoms with Crippen LogP contribution in [0.3, 0.4) is 0 Å². The Bertz CT molecular complexity index is 302. The fourth-order valence-corrected chi connectivity index (χ4v) is 3.40. The first-order valence-electron chi connectivity index (χ1n) is 8.29. The Morgan fingerprint density at radius 2 is 1.50 bits per heavy atom. The van der Waals surface area contributed by atoms with Crippen molar-refractivity contribution < 1.29 is 4.74 Å². The molecule has 2 saturated heterocycles. The standard InChI is InChI=1S/C17H34N2O/c1-16(2,3)19-9-7-14(8-10-19)11-18-12-15(13-18)20-17(4,5)6/h14-15H,7-13H2,1-6H3. The van der Waals surface area contributed by atoms with Crippen LogP contribution in [0.1, 0.15) is 54.4 Å². The Hall–Kier alpha value is -0.120. The van der Waals surface area contributed by atoms with Crippen molar-refractivity contribution in [2.24, 2.45) is 5.92 Å². The van der Waals surface area contributed by atoms with Crippen LogP contribution in [0.5, 0.6) is 0 Å². The largest absolute Gasteiger partial charge is 0.370 e. The van der Waals surface area contributed by atoms with E-state index in [0.29, 0.717) is 11.6 Å². The van der Waals surface area contributed by atoms with Crippen LogP contribution in [-0.4, -0.2) is 59.8 Å². The summed E-state index contributed by atoms with van der Waals surface area (Å²) in [4.78, 5) is 5.21. The average Bonchev–Trinajstić information content (AvgIpc) is 2.24. The number of likely N-dealkylation sites (tertiary alicyclic amines) is 2. The minimum absolute atomic E-state index is 0.00874. The Morgan fingerprint density at radius 1 is 0.950 bits per heavy atom. The third kappa shape index (κ3) is 4.71. The molecule has 0 saturated carbocycles.